The number of carbonyl (C=O) groups excluding carboxylic acids is 4. The van der Waals surface area contributed by atoms with Crippen molar-refractivity contribution in [3.8, 4) is 0 Å². The van der Waals surface area contributed by atoms with Gasteiger partial charge in [-0.25, -0.2) is 9.59 Å². The molecule has 4 amide bonds. The van der Waals surface area contributed by atoms with Crippen LogP contribution in [0.2, 0.25) is 0 Å². The molecule has 0 saturated carbocycles. The molecule has 0 spiro atoms. The molecule has 0 saturated heterocycles. The van der Waals surface area contributed by atoms with Crippen molar-refractivity contribution >= 4 is 40.9 Å². The number of hydrogen-bond acceptors (Lipinski definition) is 5. The van der Waals surface area contributed by atoms with Gasteiger partial charge in [-0.3, -0.25) is 14.5 Å². The maximum Gasteiger partial charge on any atom is 0.329 e. The Labute approximate surface area is 173 Å². The highest BCUT2D eigenvalue weighted by Crippen LogP contribution is 2.29. The van der Waals surface area contributed by atoms with Gasteiger partial charge in [-0.2, -0.15) is 0 Å². The van der Waals surface area contributed by atoms with E-state index in [1.807, 2.05) is 6.07 Å². The second kappa shape index (κ2) is 9.08. The Bertz CT molecular complexity index is 963. The molecule has 3 N–H and O–H groups in total. The Morgan fingerprint density at radius 1 is 1.03 bits per heavy atom. The van der Waals surface area contributed by atoms with E-state index in [-0.39, 0.29) is 12.5 Å². The minimum atomic E-state index is -1.14. The summed E-state index contributed by atoms with van der Waals surface area (Å²) < 4.78 is 5.22. The van der Waals surface area contributed by atoms with Gasteiger partial charge in [-0.15, -0.1) is 0 Å². The number of nitrogens with one attached hydrogen (secondary N) is 3. The summed E-state index contributed by atoms with van der Waals surface area (Å²) in [6, 6.07) is 14.0. The molecule has 3 rings (SSSR count). The molecule has 0 unspecified atom stereocenters. The molecule has 9 heteroatoms. The normalized spacial score (nSPS) is 14.6. The van der Waals surface area contributed by atoms with E-state index >= 15 is 0 Å². The van der Waals surface area contributed by atoms with Gasteiger partial charge in [-0.05, 0) is 38.1 Å². The summed E-state index contributed by atoms with van der Waals surface area (Å²) in [5.74, 6) is -1.64. The number of esters is 1. The highest BCUT2D eigenvalue weighted by molar-refractivity contribution is 6.11. The highest BCUT2D eigenvalue weighted by atomic mass is 16.5. The van der Waals surface area contributed by atoms with E-state index in [1.165, 1.54) is 18.7 Å². The second-order valence-corrected chi connectivity index (χ2v) is 6.75. The lowest BCUT2D eigenvalue weighted by molar-refractivity contribution is -0.155. The molecule has 1 heterocycles. The maximum atomic E-state index is 12.8. The molecule has 1 aliphatic rings. The number of carbonyl (C=O) groups is 4. The van der Waals surface area contributed by atoms with Gasteiger partial charge in [0.05, 0.1) is 11.4 Å². The number of rotatable bonds is 5. The molecule has 2 aromatic carbocycles. The third kappa shape index (κ3) is 4.93. The summed E-state index contributed by atoms with van der Waals surface area (Å²) in [5, 5.41) is 7.74. The van der Waals surface area contributed by atoms with Crippen molar-refractivity contribution in [2.24, 2.45) is 0 Å². The van der Waals surface area contributed by atoms with Crippen LogP contribution < -0.4 is 20.9 Å². The van der Waals surface area contributed by atoms with Gasteiger partial charge in [0.25, 0.3) is 5.91 Å². The molecular formula is C21H22N4O5. The Kier molecular flexibility index (Phi) is 6.31. The molecule has 0 aliphatic carbocycles. The number of anilines is 3. The summed E-state index contributed by atoms with van der Waals surface area (Å²) in [6.45, 7) is 2.70. The van der Waals surface area contributed by atoms with Gasteiger partial charge in [0.2, 0.25) is 5.91 Å². The van der Waals surface area contributed by atoms with Gasteiger partial charge in [0.15, 0.2) is 6.10 Å². The molecule has 0 radical (unpaired) electrons. The molecular weight excluding hydrogens is 388 g/mol. The van der Waals surface area contributed by atoms with Crippen molar-refractivity contribution in [3.63, 3.8) is 0 Å². The minimum Gasteiger partial charge on any atom is -0.451 e. The zero-order valence-electron chi connectivity index (χ0n) is 16.5. The standard InChI is InChI=1S/C21H22N4O5/c1-13(22-21(29)23-15-8-4-3-5-9-15)20(28)30-14(2)19(27)25-12-18(26)24-16-10-6-7-11-17(16)25/h3-11,13-14H,12H2,1-2H3,(H,24,26)(H2,22,23,29)/t13-,14+/m0/s1. The van der Waals surface area contributed by atoms with Gasteiger partial charge in [0.1, 0.15) is 12.6 Å². The number of fused-ring (bicyclic) bond motifs is 1. The van der Waals surface area contributed by atoms with Crippen LogP contribution in [-0.2, 0) is 19.1 Å². The van der Waals surface area contributed by atoms with Crippen molar-refractivity contribution in [1.29, 1.82) is 0 Å². The highest BCUT2D eigenvalue weighted by Gasteiger charge is 2.32. The SMILES string of the molecule is C[C@H](NC(=O)Nc1ccccc1)C(=O)O[C@H](C)C(=O)N1CC(=O)Nc2ccccc21. The Morgan fingerprint density at radius 2 is 1.70 bits per heavy atom. The fraction of sp³-hybridized carbons (Fsp3) is 0.238. The fourth-order valence-corrected chi connectivity index (χ4v) is 2.92. The quantitative estimate of drug-likeness (QED) is 0.653. The lowest BCUT2D eigenvalue weighted by Gasteiger charge is -2.31. The number of nitrogens with zero attached hydrogens (tertiary/aromatic N) is 1. The van der Waals surface area contributed by atoms with Gasteiger partial charge >= 0.3 is 12.0 Å². The van der Waals surface area contributed by atoms with Crippen LogP contribution in [0.15, 0.2) is 54.6 Å². The van der Waals surface area contributed by atoms with Gasteiger partial charge < -0.3 is 20.7 Å². The van der Waals surface area contributed by atoms with Crippen LogP contribution in [0.4, 0.5) is 21.9 Å². The van der Waals surface area contributed by atoms with E-state index in [0.29, 0.717) is 17.1 Å². The van der Waals surface area contributed by atoms with Crippen LogP contribution in [-0.4, -0.2) is 42.5 Å². The molecule has 0 bridgehead atoms. The first-order valence-corrected chi connectivity index (χ1v) is 9.38. The third-order valence-electron chi connectivity index (χ3n) is 4.41. The van der Waals surface area contributed by atoms with E-state index in [2.05, 4.69) is 16.0 Å². The molecule has 156 valence electrons. The minimum absolute atomic E-state index is 0.176. The van der Waals surface area contributed by atoms with Crippen molar-refractivity contribution in [2.45, 2.75) is 26.0 Å². The van der Waals surface area contributed by atoms with Crippen LogP contribution in [0, 0.1) is 0 Å². The lowest BCUT2D eigenvalue weighted by atomic mass is 10.1. The number of benzene rings is 2. The summed E-state index contributed by atoms with van der Waals surface area (Å²) in [4.78, 5) is 50.3. The molecule has 0 aromatic heterocycles. The van der Waals surface area contributed by atoms with E-state index in [9.17, 15) is 19.2 Å². The van der Waals surface area contributed by atoms with E-state index in [4.69, 9.17) is 4.74 Å². The number of hydrogen-bond donors (Lipinski definition) is 3. The second-order valence-electron chi connectivity index (χ2n) is 6.75. The first-order chi connectivity index (χ1) is 14.3. The molecule has 1 aliphatic heterocycles. The number of amides is 4. The van der Waals surface area contributed by atoms with Crippen LogP contribution >= 0.6 is 0 Å². The Hall–Kier alpha value is -3.88. The van der Waals surface area contributed by atoms with E-state index < -0.39 is 30.1 Å². The summed E-state index contributed by atoms with van der Waals surface area (Å²) in [7, 11) is 0. The molecule has 2 aromatic rings. The predicted octanol–water partition coefficient (Wildman–Crippen LogP) is 2.11. The number of para-hydroxylation sites is 3. The Morgan fingerprint density at radius 3 is 2.43 bits per heavy atom. The average Bonchev–Trinajstić information content (AvgIpc) is 2.73. The smallest absolute Gasteiger partial charge is 0.329 e. The molecule has 9 nitrogen and oxygen atoms in total. The molecule has 30 heavy (non-hydrogen) atoms. The zero-order valence-corrected chi connectivity index (χ0v) is 16.5. The number of ether oxygens (including phenoxy) is 1. The van der Waals surface area contributed by atoms with Crippen molar-refractivity contribution in [3.05, 3.63) is 54.6 Å². The monoisotopic (exact) mass is 410 g/mol. The fourth-order valence-electron chi connectivity index (χ4n) is 2.92. The number of urea groups is 1. The maximum absolute atomic E-state index is 12.8. The molecule has 0 fully saturated rings. The van der Waals surface area contributed by atoms with Crippen LogP contribution in [0.3, 0.4) is 0 Å². The van der Waals surface area contributed by atoms with E-state index in [1.54, 1.807) is 48.5 Å². The summed E-state index contributed by atoms with van der Waals surface area (Å²) >= 11 is 0. The first-order valence-electron chi connectivity index (χ1n) is 9.38. The van der Waals surface area contributed by atoms with Crippen molar-refractivity contribution < 1.29 is 23.9 Å². The van der Waals surface area contributed by atoms with Crippen LogP contribution in [0.5, 0.6) is 0 Å². The van der Waals surface area contributed by atoms with Crippen LogP contribution in [0.1, 0.15) is 13.8 Å². The molecule has 2 atom stereocenters. The predicted molar refractivity (Wildman–Crippen MR) is 111 cm³/mol. The lowest BCUT2D eigenvalue weighted by Crippen LogP contribution is -2.49. The third-order valence-corrected chi connectivity index (χ3v) is 4.41. The van der Waals surface area contributed by atoms with Crippen LogP contribution in [0.25, 0.3) is 0 Å². The largest absolute Gasteiger partial charge is 0.451 e. The van der Waals surface area contributed by atoms with Crippen molar-refractivity contribution in [1.82, 2.24) is 5.32 Å². The summed E-state index contributed by atoms with van der Waals surface area (Å²) in [5.41, 5.74) is 1.60. The van der Waals surface area contributed by atoms with Gasteiger partial charge in [-0.1, -0.05) is 30.3 Å². The topological polar surface area (TPSA) is 117 Å². The van der Waals surface area contributed by atoms with E-state index in [0.717, 1.165) is 0 Å². The van der Waals surface area contributed by atoms with Crippen molar-refractivity contribution in [2.75, 3.05) is 22.1 Å². The zero-order chi connectivity index (χ0) is 21.7. The first kappa shape index (κ1) is 20.8. The average molecular weight is 410 g/mol. The summed E-state index contributed by atoms with van der Waals surface area (Å²) in [6.07, 6.45) is -1.14. The Balaban J connectivity index is 1.57. The van der Waals surface area contributed by atoms with Gasteiger partial charge in [0, 0.05) is 5.69 Å².